The summed E-state index contributed by atoms with van der Waals surface area (Å²) in [6.07, 6.45) is 2.95. The topological polar surface area (TPSA) is 38.8 Å². The van der Waals surface area contributed by atoms with Crippen molar-refractivity contribution in [3.8, 4) is 11.5 Å². The third kappa shape index (κ3) is 4.02. The summed E-state index contributed by atoms with van der Waals surface area (Å²) in [7, 11) is 3.53. The van der Waals surface area contributed by atoms with Crippen LogP contribution in [0, 0.1) is 5.41 Å². The number of para-hydroxylation sites is 1. The number of hydrogen-bond donors (Lipinski definition) is 0. The number of hydrogen-bond acceptors (Lipinski definition) is 3. The lowest BCUT2D eigenvalue weighted by atomic mass is 9.68. The molecule has 0 unspecified atom stereocenters. The average molecular weight is 339 g/mol. The maximum absolute atomic E-state index is 12.8. The molecule has 0 atom stereocenters. The highest BCUT2D eigenvalue weighted by Gasteiger charge is 2.45. The molecule has 2 aromatic carbocycles. The van der Waals surface area contributed by atoms with Crippen molar-refractivity contribution in [2.75, 3.05) is 20.8 Å². The van der Waals surface area contributed by atoms with E-state index in [2.05, 4.69) is 0 Å². The first-order valence-electron chi connectivity index (χ1n) is 8.69. The molecule has 0 N–H and O–H groups in total. The van der Waals surface area contributed by atoms with E-state index < -0.39 is 0 Å². The first kappa shape index (κ1) is 17.5. The Bertz CT molecular complexity index is 693. The van der Waals surface area contributed by atoms with Gasteiger partial charge in [0.25, 0.3) is 0 Å². The second-order valence-corrected chi connectivity index (χ2v) is 6.79. The largest absolute Gasteiger partial charge is 0.457 e. The zero-order valence-corrected chi connectivity index (χ0v) is 14.9. The van der Waals surface area contributed by atoms with E-state index in [-0.39, 0.29) is 11.3 Å². The number of rotatable bonds is 7. The molecule has 0 spiro atoms. The van der Waals surface area contributed by atoms with Gasteiger partial charge in [-0.15, -0.1) is 0 Å². The van der Waals surface area contributed by atoms with Crippen LogP contribution in [0.15, 0.2) is 54.6 Å². The van der Waals surface area contributed by atoms with E-state index in [1.807, 2.05) is 66.5 Å². The Kier molecular flexibility index (Phi) is 5.39. The average Bonchev–Trinajstić information content (AvgIpc) is 2.60. The summed E-state index contributed by atoms with van der Waals surface area (Å²) >= 11 is 0. The fraction of sp³-hybridized carbons (Fsp3) is 0.381. The quantitative estimate of drug-likeness (QED) is 0.757. The van der Waals surface area contributed by atoms with E-state index in [4.69, 9.17) is 9.47 Å². The monoisotopic (exact) mass is 339 g/mol. The molecule has 1 aliphatic rings. The highest BCUT2D eigenvalue weighted by atomic mass is 16.5. The molecule has 0 heterocycles. The van der Waals surface area contributed by atoms with Gasteiger partial charge in [-0.3, -0.25) is 4.79 Å². The predicted octanol–water partition coefficient (Wildman–Crippen LogP) is 4.25. The number of carbonyl (C=O) groups is 1. The summed E-state index contributed by atoms with van der Waals surface area (Å²) in [5, 5.41) is 0. The summed E-state index contributed by atoms with van der Waals surface area (Å²) in [5.41, 5.74) is 0.781. The summed E-state index contributed by atoms with van der Waals surface area (Å²) in [6.45, 7) is 1.11. The minimum absolute atomic E-state index is 0.185. The minimum Gasteiger partial charge on any atom is -0.457 e. The van der Waals surface area contributed by atoms with Crippen molar-refractivity contribution in [2.45, 2.75) is 25.8 Å². The van der Waals surface area contributed by atoms with Gasteiger partial charge in [0.1, 0.15) is 11.5 Å². The van der Waals surface area contributed by atoms with E-state index >= 15 is 0 Å². The second-order valence-electron chi connectivity index (χ2n) is 6.79. The molecule has 0 aromatic heterocycles. The summed E-state index contributed by atoms with van der Waals surface area (Å²) < 4.78 is 11.1. The highest BCUT2D eigenvalue weighted by Crippen LogP contribution is 2.42. The van der Waals surface area contributed by atoms with Crippen molar-refractivity contribution >= 4 is 5.91 Å². The molecule has 132 valence electrons. The molecule has 0 aliphatic heterocycles. The molecular formula is C21H25NO3. The number of methoxy groups -OCH3 is 1. The Morgan fingerprint density at radius 1 is 1.04 bits per heavy atom. The Balaban J connectivity index is 1.60. The Hall–Kier alpha value is -2.33. The van der Waals surface area contributed by atoms with Crippen molar-refractivity contribution < 1.29 is 14.3 Å². The van der Waals surface area contributed by atoms with Gasteiger partial charge in [-0.2, -0.15) is 0 Å². The number of nitrogens with zero attached hydrogens (tertiary/aromatic N) is 1. The van der Waals surface area contributed by atoms with Crippen LogP contribution in [0.2, 0.25) is 0 Å². The fourth-order valence-corrected chi connectivity index (χ4v) is 3.34. The first-order valence-corrected chi connectivity index (χ1v) is 8.69. The standard InChI is InChI=1S/C21H25NO3/c1-22(20(23)21(16-24-2)13-6-14-21)15-17-9-11-19(12-10-17)25-18-7-4-3-5-8-18/h3-5,7-12H,6,13-16H2,1-2H3. The molecule has 0 bridgehead atoms. The number of ether oxygens (including phenoxy) is 2. The SMILES string of the molecule is COCC1(C(=O)N(C)Cc2ccc(Oc3ccccc3)cc2)CCC1. The molecule has 4 heteroatoms. The maximum Gasteiger partial charge on any atom is 0.231 e. The Morgan fingerprint density at radius 3 is 2.24 bits per heavy atom. The van der Waals surface area contributed by atoms with Gasteiger partial charge in [-0.05, 0) is 42.7 Å². The van der Waals surface area contributed by atoms with Crippen LogP contribution in [0.1, 0.15) is 24.8 Å². The Labute approximate surface area is 149 Å². The van der Waals surface area contributed by atoms with Crippen LogP contribution in [-0.2, 0) is 16.1 Å². The number of carbonyl (C=O) groups excluding carboxylic acids is 1. The third-order valence-corrected chi connectivity index (χ3v) is 4.85. The first-order chi connectivity index (χ1) is 12.1. The van der Waals surface area contributed by atoms with Crippen molar-refractivity contribution in [1.29, 1.82) is 0 Å². The van der Waals surface area contributed by atoms with Gasteiger partial charge in [0.2, 0.25) is 5.91 Å². The zero-order valence-electron chi connectivity index (χ0n) is 14.9. The van der Waals surface area contributed by atoms with Gasteiger partial charge >= 0.3 is 0 Å². The van der Waals surface area contributed by atoms with Crippen LogP contribution < -0.4 is 4.74 Å². The van der Waals surface area contributed by atoms with Crippen LogP contribution in [0.4, 0.5) is 0 Å². The fourth-order valence-electron chi connectivity index (χ4n) is 3.34. The van der Waals surface area contributed by atoms with Gasteiger partial charge in [-0.25, -0.2) is 0 Å². The van der Waals surface area contributed by atoms with Crippen LogP contribution in [0.25, 0.3) is 0 Å². The molecule has 4 nitrogen and oxygen atoms in total. The number of amides is 1. The molecule has 1 aliphatic carbocycles. The summed E-state index contributed by atoms with van der Waals surface area (Å²) in [6, 6.07) is 17.6. The van der Waals surface area contributed by atoms with Gasteiger partial charge in [-0.1, -0.05) is 36.8 Å². The van der Waals surface area contributed by atoms with E-state index in [1.54, 1.807) is 7.11 Å². The Morgan fingerprint density at radius 2 is 1.68 bits per heavy atom. The highest BCUT2D eigenvalue weighted by molar-refractivity contribution is 5.83. The lowest BCUT2D eigenvalue weighted by molar-refractivity contribution is -0.151. The normalized spacial score (nSPS) is 15.3. The predicted molar refractivity (Wildman–Crippen MR) is 97.6 cm³/mol. The van der Waals surface area contributed by atoms with E-state index in [9.17, 15) is 4.79 Å². The van der Waals surface area contributed by atoms with Crippen LogP contribution in [-0.4, -0.2) is 31.6 Å². The molecule has 0 radical (unpaired) electrons. The second kappa shape index (κ2) is 7.70. The van der Waals surface area contributed by atoms with Gasteiger partial charge in [0, 0.05) is 20.7 Å². The molecular weight excluding hydrogens is 314 g/mol. The minimum atomic E-state index is -0.306. The molecule has 0 saturated heterocycles. The third-order valence-electron chi connectivity index (χ3n) is 4.85. The van der Waals surface area contributed by atoms with Crippen molar-refractivity contribution in [3.63, 3.8) is 0 Å². The lowest BCUT2D eigenvalue weighted by Crippen LogP contribution is -2.48. The van der Waals surface area contributed by atoms with Crippen LogP contribution >= 0.6 is 0 Å². The van der Waals surface area contributed by atoms with Gasteiger partial charge in [0.15, 0.2) is 0 Å². The zero-order chi connectivity index (χ0) is 17.7. The molecule has 25 heavy (non-hydrogen) atoms. The van der Waals surface area contributed by atoms with Crippen LogP contribution in [0.5, 0.6) is 11.5 Å². The molecule has 1 amide bonds. The summed E-state index contributed by atoms with van der Waals surface area (Å²) in [5.74, 6) is 1.79. The molecule has 1 fully saturated rings. The number of benzene rings is 2. The molecule has 3 rings (SSSR count). The van der Waals surface area contributed by atoms with Crippen molar-refractivity contribution in [3.05, 3.63) is 60.2 Å². The van der Waals surface area contributed by atoms with Gasteiger partial charge < -0.3 is 14.4 Å². The van der Waals surface area contributed by atoms with Gasteiger partial charge in [0.05, 0.1) is 12.0 Å². The molecule has 1 saturated carbocycles. The van der Waals surface area contributed by atoms with Crippen LogP contribution in [0.3, 0.4) is 0 Å². The smallest absolute Gasteiger partial charge is 0.231 e. The summed E-state index contributed by atoms with van der Waals surface area (Å²) in [4.78, 5) is 14.6. The van der Waals surface area contributed by atoms with E-state index in [1.165, 1.54) is 0 Å². The molecule has 2 aromatic rings. The van der Waals surface area contributed by atoms with Crippen molar-refractivity contribution in [1.82, 2.24) is 4.90 Å². The lowest BCUT2D eigenvalue weighted by Gasteiger charge is -2.42. The van der Waals surface area contributed by atoms with E-state index in [0.29, 0.717) is 13.2 Å². The van der Waals surface area contributed by atoms with E-state index in [0.717, 1.165) is 36.3 Å². The van der Waals surface area contributed by atoms with Crippen molar-refractivity contribution in [2.24, 2.45) is 5.41 Å². The maximum atomic E-state index is 12.8.